The second kappa shape index (κ2) is 5.85. The maximum Gasteiger partial charge on any atom is 0.119 e. The number of hydrogen-bond donors (Lipinski definition) is 1. The molecule has 1 aromatic carbocycles. The molecular weight excluding hydrogens is 238 g/mol. The van der Waals surface area contributed by atoms with Crippen LogP contribution in [0.15, 0.2) is 42.7 Å². The topological polar surface area (TPSA) is 42.4 Å². The minimum absolute atomic E-state index is 0.150. The van der Waals surface area contributed by atoms with Crippen LogP contribution in [0.1, 0.15) is 36.6 Å². The Bertz CT molecular complexity index is 535. The van der Waals surface area contributed by atoms with Crippen LogP contribution in [0.25, 0.3) is 0 Å². The molecule has 1 unspecified atom stereocenters. The van der Waals surface area contributed by atoms with Crippen molar-refractivity contribution >= 4 is 0 Å². The van der Waals surface area contributed by atoms with Gasteiger partial charge in [-0.2, -0.15) is 0 Å². The molecule has 1 heterocycles. The lowest BCUT2D eigenvalue weighted by Crippen LogP contribution is -2.06. The van der Waals surface area contributed by atoms with Crippen molar-refractivity contribution in [1.82, 2.24) is 4.98 Å². The van der Waals surface area contributed by atoms with Crippen LogP contribution in [0.3, 0.4) is 0 Å². The van der Waals surface area contributed by atoms with Crippen LogP contribution in [0, 0.1) is 6.92 Å². The number of ether oxygens (including phenoxy) is 1. The summed E-state index contributed by atoms with van der Waals surface area (Å²) in [5, 5.41) is 10.3. The van der Waals surface area contributed by atoms with Gasteiger partial charge < -0.3 is 9.84 Å². The molecule has 0 spiro atoms. The molecule has 0 bridgehead atoms. The van der Waals surface area contributed by atoms with Crippen molar-refractivity contribution < 1.29 is 9.84 Å². The first-order valence-corrected chi connectivity index (χ1v) is 6.42. The Morgan fingerprint density at radius 3 is 2.32 bits per heavy atom. The van der Waals surface area contributed by atoms with Crippen LogP contribution >= 0.6 is 0 Å². The van der Waals surface area contributed by atoms with E-state index >= 15 is 0 Å². The zero-order valence-corrected chi connectivity index (χ0v) is 11.5. The quantitative estimate of drug-likeness (QED) is 0.914. The molecule has 0 aliphatic heterocycles. The van der Waals surface area contributed by atoms with Gasteiger partial charge in [-0.15, -0.1) is 0 Å². The average Bonchev–Trinajstić information content (AvgIpc) is 2.38. The van der Waals surface area contributed by atoms with Gasteiger partial charge >= 0.3 is 0 Å². The van der Waals surface area contributed by atoms with Gasteiger partial charge in [0.05, 0.1) is 6.10 Å². The first-order chi connectivity index (χ1) is 9.06. The van der Waals surface area contributed by atoms with Gasteiger partial charge in [0.2, 0.25) is 0 Å². The minimum atomic E-state index is -0.652. The zero-order chi connectivity index (χ0) is 13.8. The molecular formula is C16H19NO2. The Morgan fingerprint density at radius 2 is 1.74 bits per heavy atom. The summed E-state index contributed by atoms with van der Waals surface area (Å²) in [7, 11) is 0. The molecule has 0 amide bonds. The zero-order valence-electron chi connectivity index (χ0n) is 11.5. The lowest BCUT2D eigenvalue weighted by atomic mass is 10.0. The van der Waals surface area contributed by atoms with Crippen molar-refractivity contribution in [2.45, 2.75) is 33.0 Å². The Balaban J connectivity index is 2.17. The molecule has 1 atom stereocenters. The van der Waals surface area contributed by atoms with E-state index in [1.165, 1.54) is 0 Å². The average molecular weight is 257 g/mol. The van der Waals surface area contributed by atoms with Crippen molar-refractivity contribution in [2.24, 2.45) is 0 Å². The summed E-state index contributed by atoms with van der Waals surface area (Å²) in [5.74, 6) is 0.813. The van der Waals surface area contributed by atoms with E-state index < -0.39 is 6.10 Å². The first-order valence-electron chi connectivity index (χ1n) is 6.42. The van der Waals surface area contributed by atoms with Crippen molar-refractivity contribution in [1.29, 1.82) is 0 Å². The summed E-state index contributed by atoms with van der Waals surface area (Å²) < 4.78 is 5.58. The molecule has 3 heteroatoms. The molecule has 100 valence electrons. The Labute approximate surface area is 113 Å². The summed E-state index contributed by atoms with van der Waals surface area (Å²) in [4.78, 5) is 4.10. The maximum absolute atomic E-state index is 10.3. The molecule has 2 aromatic rings. The van der Waals surface area contributed by atoms with Crippen LogP contribution in [0.2, 0.25) is 0 Å². The summed E-state index contributed by atoms with van der Waals surface area (Å²) in [5.41, 5.74) is 2.68. The molecule has 1 aromatic heterocycles. The Hall–Kier alpha value is -1.87. The predicted molar refractivity (Wildman–Crippen MR) is 75.2 cm³/mol. The molecule has 0 aliphatic rings. The SMILES string of the molecule is Cc1cncc(C(O)c2ccc(OC(C)C)cc2)c1. The highest BCUT2D eigenvalue weighted by Crippen LogP contribution is 2.24. The van der Waals surface area contributed by atoms with E-state index in [1.54, 1.807) is 12.4 Å². The largest absolute Gasteiger partial charge is 0.491 e. The third-order valence-electron chi connectivity index (χ3n) is 2.78. The molecule has 0 saturated heterocycles. The standard InChI is InChI=1S/C16H19NO2/c1-11(2)19-15-6-4-13(5-7-15)16(18)14-8-12(3)9-17-10-14/h4-11,16,18H,1-3H3. The predicted octanol–water partition coefficient (Wildman–Crippen LogP) is 3.26. The molecule has 0 radical (unpaired) electrons. The first kappa shape index (κ1) is 13.6. The van der Waals surface area contributed by atoms with Gasteiger partial charge in [0.15, 0.2) is 0 Å². The van der Waals surface area contributed by atoms with Crippen LogP contribution in [-0.4, -0.2) is 16.2 Å². The molecule has 3 nitrogen and oxygen atoms in total. The van der Waals surface area contributed by atoms with Crippen LogP contribution in [-0.2, 0) is 0 Å². The fourth-order valence-corrected chi connectivity index (χ4v) is 1.92. The number of aliphatic hydroxyl groups excluding tert-OH is 1. The number of benzene rings is 1. The normalized spacial score (nSPS) is 12.5. The van der Waals surface area contributed by atoms with Crippen molar-refractivity contribution in [2.75, 3.05) is 0 Å². The molecule has 0 aliphatic carbocycles. The van der Waals surface area contributed by atoms with Gasteiger partial charge in [-0.25, -0.2) is 0 Å². The van der Waals surface area contributed by atoms with Crippen LogP contribution < -0.4 is 4.74 Å². The van der Waals surface area contributed by atoms with E-state index in [4.69, 9.17) is 4.74 Å². The molecule has 2 rings (SSSR count). The smallest absolute Gasteiger partial charge is 0.119 e. The van der Waals surface area contributed by atoms with Crippen LogP contribution in [0.5, 0.6) is 5.75 Å². The number of pyridine rings is 1. The molecule has 0 saturated carbocycles. The summed E-state index contributed by atoms with van der Waals surface area (Å²) in [6.07, 6.45) is 2.96. The number of nitrogens with zero attached hydrogens (tertiary/aromatic N) is 1. The van der Waals surface area contributed by atoms with E-state index in [0.717, 1.165) is 22.4 Å². The van der Waals surface area contributed by atoms with E-state index in [9.17, 15) is 5.11 Å². The van der Waals surface area contributed by atoms with Gasteiger partial charge in [0.25, 0.3) is 0 Å². The number of hydrogen-bond acceptors (Lipinski definition) is 3. The second-order valence-electron chi connectivity index (χ2n) is 4.93. The Morgan fingerprint density at radius 1 is 1.05 bits per heavy atom. The van der Waals surface area contributed by atoms with E-state index in [0.29, 0.717) is 0 Å². The van der Waals surface area contributed by atoms with E-state index in [1.807, 2.05) is 51.1 Å². The molecule has 19 heavy (non-hydrogen) atoms. The van der Waals surface area contributed by atoms with Crippen molar-refractivity contribution in [3.05, 3.63) is 59.4 Å². The summed E-state index contributed by atoms with van der Waals surface area (Å²) >= 11 is 0. The number of rotatable bonds is 4. The number of aryl methyl sites for hydroxylation is 1. The fraction of sp³-hybridized carbons (Fsp3) is 0.312. The maximum atomic E-state index is 10.3. The number of aromatic nitrogens is 1. The van der Waals surface area contributed by atoms with Crippen molar-refractivity contribution in [3.8, 4) is 5.75 Å². The van der Waals surface area contributed by atoms with Crippen LogP contribution in [0.4, 0.5) is 0 Å². The van der Waals surface area contributed by atoms with Gasteiger partial charge in [-0.1, -0.05) is 18.2 Å². The number of aliphatic hydroxyl groups is 1. The lowest BCUT2D eigenvalue weighted by Gasteiger charge is -2.14. The van der Waals surface area contributed by atoms with Gasteiger partial charge in [-0.3, -0.25) is 4.98 Å². The van der Waals surface area contributed by atoms with Gasteiger partial charge in [0.1, 0.15) is 11.9 Å². The monoisotopic (exact) mass is 257 g/mol. The summed E-state index contributed by atoms with van der Waals surface area (Å²) in [6, 6.07) is 9.45. The third kappa shape index (κ3) is 3.55. The summed E-state index contributed by atoms with van der Waals surface area (Å²) in [6.45, 7) is 5.94. The highest BCUT2D eigenvalue weighted by atomic mass is 16.5. The molecule has 0 fully saturated rings. The second-order valence-corrected chi connectivity index (χ2v) is 4.93. The molecule has 1 N–H and O–H groups in total. The highest BCUT2D eigenvalue weighted by molar-refractivity contribution is 5.34. The minimum Gasteiger partial charge on any atom is -0.491 e. The fourth-order valence-electron chi connectivity index (χ4n) is 1.92. The highest BCUT2D eigenvalue weighted by Gasteiger charge is 2.11. The Kier molecular flexibility index (Phi) is 4.17. The van der Waals surface area contributed by atoms with E-state index in [2.05, 4.69) is 4.98 Å². The lowest BCUT2D eigenvalue weighted by molar-refractivity contribution is 0.219. The van der Waals surface area contributed by atoms with E-state index in [-0.39, 0.29) is 6.10 Å². The van der Waals surface area contributed by atoms with Gasteiger partial charge in [0, 0.05) is 18.0 Å². The van der Waals surface area contributed by atoms with Gasteiger partial charge in [-0.05, 0) is 44.0 Å². The third-order valence-corrected chi connectivity index (χ3v) is 2.78. The van der Waals surface area contributed by atoms with Crippen molar-refractivity contribution in [3.63, 3.8) is 0 Å².